The van der Waals surface area contributed by atoms with Crippen LogP contribution < -0.4 is 9.46 Å². The van der Waals surface area contributed by atoms with Crippen LogP contribution in [0.1, 0.15) is 25.5 Å². The summed E-state index contributed by atoms with van der Waals surface area (Å²) in [5.41, 5.74) is 0.645. The van der Waals surface area contributed by atoms with Gasteiger partial charge >= 0.3 is 5.97 Å². The van der Waals surface area contributed by atoms with Gasteiger partial charge in [-0.15, -0.1) is 0 Å². The first-order valence-electron chi connectivity index (χ1n) is 5.66. The number of aliphatic carboxylic acids is 1. The molecule has 0 aliphatic carbocycles. The quantitative estimate of drug-likeness (QED) is 0.818. The van der Waals surface area contributed by atoms with Gasteiger partial charge in [0, 0.05) is 11.6 Å². The molecule has 0 saturated carbocycles. The van der Waals surface area contributed by atoms with E-state index in [1.54, 1.807) is 31.2 Å². The lowest BCUT2D eigenvalue weighted by Gasteiger charge is -2.18. The van der Waals surface area contributed by atoms with Crippen LogP contribution in [-0.4, -0.2) is 31.9 Å². The van der Waals surface area contributed by atoms with Crippen molar-refractivity contribution in [1.82, 2.24) is 4.72 Å². The predicted octanol–water partition coefficient (Wildman–Crippen LogP) is 1.15. The van der Waals surface area contributed by atoms with Crippen LogP contribution in [-0.2, 0) is 14.8 Å². The monoisotopic (exact) mass is 287 g/mol. The normalized spacial score (nSPS) is 14.7. The highest BCUT2D eigenvalue weighted by Crippen LogP contribution is 2.25. The fourth-order valence-electron chi connectivity index (χ4n) is 1.57. The highest BCUT2D eigenvalue weighted by molar-refractivity contribution is 7.90. The van der Waals surface area contributed by atoms with Crippen molar-refractivity contribution in [3.8, 4) is 5.75 Å². The Balaban J connectivity index is 2.97. The predicted molar refractivity (Wildman–Crippen MR) is 70.6 cm³/mol. The second-order valence-corrected chi connectivity index (χ2v) is 6.14. The van der Waals surface area contributed by atoms with Gasteiger partial charge in [-0.3, -0.25) is 4.79 Å². The van der Waals surface area contributed by atoms with Crippen molar-refractivity contribution in [3.05, 3.63) is 29.8 Å². The molecule has 0 heterocycles. The maximum atomic E-state index is 11.8. The molecule has 0 amide bonds. The summed E-state index contributed by atoms with van der Waals surface area (Å²) in [5, 5.41) is 7.25. The molecule has 0 aromatic heterocycles. The van der Waals surface area contributed by atoms with E-state index >= 15 is 0 Å². The first-order chi connectivity index (χ1) is 8.79. The Morgan fingerprint density at radius 3 is 2.42 bits per heavy atom. The second kappa shape index (κ2) is 6.03. The van der Waals surface area contributed by atoms with Crippen LogP contribution in [0, 0.1) is 0 Å². The zero-order valence-corrected chi connectivity index (χ0v) is 11.8. The van der Waals surface area contributed by atoms with Crippen LogP contribution in [0.25, 0.3) is 0 Å². The lowest BCUT2D eigenvalue weighted by atomic mass is 10.1. The minimum absolute atomic E-state index is 0.542. The van der Waals surface area contributed by atoms with Crippen LogP contribution >= 0.6 is 0 Å². The molecule has 2 N–H and O–H groups in total. The van der Waals surface area contributed by atoms with Crippen LogP contribution in [0.5, 0.6) is 5.75 Å². The van der Waals surface area contributed by atoms with E-state index in [4.69, 9.17) is 9.84 Å². The number of methoxy groups -OCH3 is 1. The van der Waals surface area contributed by atoms with Crippen molar-refractivity contribution in [3.63, 3.8) is 0 Å². The van der Waals surface area contributed by atoms with Crippen molar-refractivity contribution < 1.29 is 23.1 Å². The number of rotatable bonds is 6. The van der Waals surface area contributed by atoms with Crippen LogP contribution in [0.4, 0.5) is 0 Å². The van der Waals surface area contributed by atoms with Crippen molar-refractivity contribution in [2.45, 2.75) is 25.1 Å². The zero-order valence-electron chi connectivity index (χ0n) is 11.0. The minimum Gasteiger partial charge on any atom is -0.496 e. The first kappa shape index (κ1) is 15.5. The van der Waals surface area contributed by atoms with E-state index in [-0.39, 0.29) is 0 Å². The summed E-state index contributed by atoms with van der Waals surface area (Å²) >= 11 is 0. The van der Waals surface area contributed by atoms with E-state index in [0.29, 0.717) is 11.3 Å². The molecule has 0 saturated heterocycles. The Labute approximate surface area is 112 Å². The van der Waals surface area contributed by atoms with E-state index in [0.717, 1.165) is 6.92 Å². The number of carboxylic acid groups (broad SMARTS) is 1. The summed E-state index contributed by atoms with van der Waals surface area (Å²) in [6.07, 6.45) is 0. The lowest BCUT2D eigenvalue weighted by Crippen LogP contribution is -2.38. The summed E-state index contributed by atoms with van der Waals surface area (Å²) in [7, 11) is -2.45. The summed E-state index contributed by atoms with van der Waals surface area (Å²) in [5.74, 6) is -0.847. The second-order valence-electron chi connectivity index (χ2n) is 4.11. The number of hydrogen-bond acceptors (Lipinski definition) is 4. The fraction of sp³-hybridized carbons (Fsp3) is 0.417. The van der Waals surface area contributed by atoms with Crippen LogP contribution in [0.15, 0.2) is 24.3 Å². The average Bonchev–Trinajstić information content (AvgIpc) is 2.36. The maximum Gasteiger partial charge on any atom is 0.323 e. The highest BCUT2D eigenvalue weighted by atomic mass is 32.2. The zero-order chi connectivity index (χ0) is 14.6. The van der Waals surface area contributed by atoms with Gasteiger partial charge in [-0.25, -0.2) is 13.1 Å². The lowest BCUT2D eigenvalue weighted by molar-refractivity contribution is -0.136. The van der Waals surface area contributed by atoms with Crippen molar-refractivity contribution in [2.24, 2.45) is 0 Å². The first-order valence-corrected chi connectivity index (χ1v) is 7.21. The third kappa shape index (κ3) is 3.68. The van der Waals surface area contributed by atoms with Crippen LogP contribution in [0.3, 0.4) is 0 Å². The molecule has 2 unspecified atom stereocenters. The number of nitrogens with one attached hydrogen (secondary N) is 1. The molecule has 106 valence electrons. The highest BCUT2D eigenvalue weighted by Gasteiger charge is 2.29. The van der Waals surface area contributed by atoms with Gasteiger partial charge in [-0.2, -0.15) is 0 Å². The topological polar surface area (TPSA) is 92.7 Å². The molecule has 0 spiro atoms. The molecule has 1 rings (SSSR count). The SMILES string of the molecule is COc1ccccc1C(C)NS(=O)(=O)C(C)C(=O)O. The molecular weight excluding hydrogens is 270 g/mol. The molecule has 0 radical (unpaired) electrons. The number of ether oxygens (including phenoxy) is 1. The summed E-state index contributed by atoms with van der Waals surface area (Å²) in [4.78, 5) is 10.7. The van der Waals surface area contributed by atoms with Gasteiger partial charge in [0.2, 0.25) is 10.0 Å². The largest absolute Gasteiger partial charge is 0.496 e. The Morgan fingerprint density at radius 1 is 1.32 bits per heavy atom. The smallest absolute Gasteiger partial charge is 0.323 e. The fourth-order valence-corrected chi connectivity index (χ4v) is 2.66. The molecule has 2 atom stereocenters. The third-order valence-corrected chi connectivity index (χ3v) is 4.57. The summed E-state index contributed by atoms with van der Waals surface area (Å²) in [6.45, 7) is 2.75. The van der Waals surface area contributed by atoms with Gasteiger partial charge in [0.05, 0.1) is 7.11 Å². The number of benzene rings is 1. The van der Waals surface area contributed by atoms with Gasteiger partial charge in [0.1, 0.15) is 5.75 Å². The van der Waals surface area contributed by atoms with Crippen molar-refractivity contribution in [1.29, 1.82) is 0 Å². The molecule has 7 heteroatoms. The van der Waals surface area contributed by atoms with E-state index in [9.17, 15) is 13.2 Å². The van der Waals surface area contributed by atoms with Crippen molar-refractivity contribution in [2.75, 3.05) is 7.11 Å². The van der Waals surface area contributed by atoms with Gasteiger partial charge in [-0.05, 0) is 19.9 Å². The van der Waals surface area contributed by atoms with E-state index in [1.807, 2.05) is 0 Å². The molecule has 1 aromatic rings. The van der Waals surface area contributed by atoms with E-state index in [2.05, 4.69) is 4.72 Å². The molecule has 0 bridgehead atoms. The van der Waals surface area contributed by atoms with Gasteiger partial charge in [0.25, 0.3) is 0 Å². The standard InChI is InChI=1S/C12H17NO5S/c1-8(10-6-4-5-7-11(10)18-3)13-19(16,17)9(2)12(14)15/h4-9,13H,1-3H3,(H,14,15). The third-order valence-electron chi connectivity index (χ3n) is 2.76. The molecule has 0 aliphatic heterocycles. The number of sulfonamides is 1. The van der Waals surface area contributed by atoms with Gasteiger partial charge in [-0.1, -0.05) is 18.2 Å². The number of hydrogen-bond donors (Lipinski definition) is 2. The minimum atomic E-state index is -3.94. The van der Waals surface area contributed by atoms with Crippen molar-refractivity contribution >= 4 is 16.0 Å². The Morgan fingerprint density at radius 2 is 1.89 bits per heavy atom. The number of para-hydroxylation sites is 1. The Kier molecular flexibility index (Phi) is 4.90. The average molecular weight is 287 g/mol. The van der Waals surface area contributed by atoms with Gasteiger partial charge < -0.3 is 9.84 Å². The van der Waals surface area contributed by atoms with E-state index < -0.39 is 27.3 Å². The molecule has 0 fully saturated rings. The molecule has 1 aromatic carbocycles. The number of carbonyl (C=O) groups is 1. The maximum absolute atomic E-state index is 11.8. The summed E-state index contributed by atoms with van der Waals surface area (Å²) < 4.78 is 31.1. The Hall–Kier alpha value is -1.60. The summed E-state index contributed by atoms with van der Waals surface area (Å²) in [6, 6.07) is 6.37. The molecule has 6 nitrogen and oxygen atoms in total. The van der Waals surface area contributed by atoms with Crippen LogP contribution in [0.2, 0.25) is 0 Å². The number of carboxylic acids is 1. The van der Waals surface area contributed by atoms with E-state index in [1.165, 1.54) is 7.11 Å². The molecular formula is C12H17NO5S. The Bertz CT molecular complexity index is 555. The molecule has 19 heavy (non-hydrogen) atoms. The van der Waals surface area contributed by atoms with Gasteiger partial charge in [0.15, 0.2) is 5.25 Å². The molecule has 0 aliphatic rings.